The summed E-state index contributed by atoms with van der Waals surface area (Å²) in [6.45, 7) is 0.597. The lowest BCUT2D eigenvalue weighted by Crippen LogP contribution is -2.15. The second-order valence-electron chi connectivity index (χ2n) is 5.14. The van der Waals surface area contributed by atoms with Gasteiger partial charge in [-0.25, -0.2) is 0 Å². The smallest absolute Gasteiger partial charge is 0.135 e. The van der Waals surface area contributed by atoms with Crippen LogP contribution in [0.3, 0.4) is 0 Å². The predicted molar refractivity (Wildman–Crippen MR) is 79.0 cm³/mol. The Hall–Kier alpha value is -1.66. The van der Waals surface area contributed by atoms with Gasteiger partial charge >= 0.3 is 0 Å². The fraction of sp³-hybridized carbons (Fsp3) is 0.529. The van der Waals surface area contributed by atoms with Crippen LogP contribution in [0.4, 0.5) is 0 Å². The molecule has 0 spiro atoms. The van der Waals surface area contributed by atoms with Gasteiger partial charge in [0.15, 0.2) is 0 Å². The lowest BCUT2D eigenvalue weighted by Gasteiger charge is -2.22. The molecule has 1 aromatic carbocycles. The Bertz CT molecular complexity index is 479. The molecule has 1 fully saturated rings. The van der Waals surface area contributed by atoms with E-state index < -0.39 is 0 Å². The Morgan fingerprint density at radius 2 is 2.05 bits per heavy atom. The van der Waals surface area contributed by atoms with Gasteiger partial charge in [0.2, 0.25) is 0 Å². The average Bonchev–Trinajstić information content (AvgIpc) is 2.52. The molecule has 0 aliphatic heterocycles. The molecule has 0 heterocycles. The van der Waals surface area contributed by atoms with Crippen molar-refractivity contribution in [2.45, 2.75) is 32.1 Å². The van der Waals surface area contributed by atoms with E-state index in [2.05, 4.69) is 11.8 Å². The van der Waals surface area contributed by atoms with E-state index in [1.165, 1.54) is 32.1 Å². The number of methoxy groups -OCH3 is 1. The maximum absolute atomic E-state index is 8.83. The van der Waals surface area contributed by atoms with Crippen LogP contribution in [-0.2, 0) is 0 Å². The van der Waals surface area contributed by atoms with Crippen LogP contribution in [0.25, 0.3) is 0 Å². The van der Waals surface area contributed by atoms with Crippen molar-refractivity contribution in [2.24, 2.45) is 5.92 Å². The van der Waals surface area contributed by atoms with Crippen LogP contribution in [0.15, 0.2) is 18.2 Å². The molecule has 1 saturated carbocycles. The van der Waals surface area contributed by atoms with Crippen LogP contribution in [-0.4, -0.2) is 25.4 Å². The number of rotatable bonds is 4. The predicted octanol–water partition coefficient (Wildman–Crippen LogP) is 3.00. The monoisotopic (exact) mass is 274 g/mol. The third-order valence-corrected chi connectivity index (χ3v) is 3.69. The van der Waals surface area contributed by atoms with Crippen LogP contribution < -0.4 is 9.47 Å². The van der Waals surface area contributed by atoms with Crippen molar-refractivity contribution in [2.75, 3.05) is 20.3 Å². The molecule has 108 valence electrons. The van der Waals surface area contributed by atoms with Gasteiger partial charge in [0.1, 0.15) is 18.1 Å². The topological polar surface area (TPSA) is 38.7 Å². The van der Waals surface area contributed by atoms with Crippen molar-refractivity contribution in [3.05, 3.63) is 23.8 Å². The van der Waals surface area contributed by atoms with Crippen LogP contribution in [0, 0.1) is 17.8 Å². The van der Waals surface area contributed by atoms with Gasteiger partial charge in [0.05, 0.1) is 19.3 Å². The highest BCUT2D eigenvalue weighted by atomic mass is 16.5. The summed E-state index contributed by atoms with van der Waals surface area (Å²) in [5.41, 5.74) is 0.772. The summed E-state index contributed by atoms with van der Waals surface area (Å²) in [7, 11) is 1.63. The van der Waals surface area contributed by atoms with Crippen molar-refractivity contribution >= 4 is 0 Å². The number of ether oxygens (including phenoxy) is 2. The Morgan fingerprint density at radius 3 is 2.75 bits per heavy atom. The van der Waals surface area contributed by atoms with Gasteiger partial charge in [-0.2, -0.15) is 0 Å². The Kier molecular flexibility index (Phi) is 5.76. The van der Waals surface area contributed by atoms with Gasteiger partial charge in [0.25, 0.3) is 0 Å². The second-order valence-corrected chi connectivity index (χ2v) is 5.14. The minimum Gasteiger partial charge on any atom is -0.497 e. The summed E-state index contributed by atoms with van der Waals surface area (Å²) in [6.07, 6.45) is 6.50. The molecule has 0 saturated heterocycles. The quantitative estimate of drug-likeness (QED) is 0.858. The van der Waals surface area contributed by atoms with Crippen molar-refractivity contribution in [3.63, 3.8) is 0 Å². The highest BCUT2D eigenvalue weighted by molar-refractivity contribution is 5.50. The largest absolute Gasteiger partial charge is 0.497 e. The minimum atomic E-state index is -0.153. The molecule has 1 aliphatic rings. The SMILES string of the molecule is COc1ccc(OCC2CCCCC2)c(C#CCO)c1. The Labute approximate surface area is 120 Å². The summed E-state index contributed by atoms with van der Waals surface area (Å²) < 4.78 is 11.1. The third-order valence-electron chi connectivity index (χ3n) is 3.69. The lowest BCUT2D eigenvalue weighted by molar-refractivity contribution is 0.208. The molecule has 3 nitrogen and oxygen atoms in total. The van der Waals surface area contributed by atoms with Crippen molar-refractivity contribution in [1.29, 1.82) is 0 Å². The van der Waals surface area contributed by atoms with Crippen LogP contribution in [0.5, 0.6) is 11.5 Å². The average molecular weight is 274 g/mol. The van der Waals surface area contributed by atoms with E-state index >= 15 is 0 Å². The third kappa shape index (κ3) is 4.18. The molecule has 0 aromatic heterocycles. The van der Waals surface area contributed by atoms with Crippen LogP contribution >= 0.6 is 0 Å². The first-order valence-electron chi connectivity index (χ1n) is 7.24. The van der Waals surface area contributed by atoms with Crippen LogP contribution in [0.2, 0.25) is 0 Å². The molecule has 2 rings (SSSR count). The van der Waals surface area contributed by atoms with E-state index in [4.69, 9.17) is 14.6 Å². The Balaban J connectivity index is 2.05. The summed E-state index contributed by atoms with van der Waals surface area (Å²) >= 11 is 0. The number of hydrogen-bond donors (Lipinski definition) is 1. The maximum Gasteiger partial charge on any atom is 0.135 e. The summed E-state index contributed by atoms with van der Waals surface area (Å²) in [5.74, 6) is 7.76. The van der Waals surface area contributed by atoms with E-state index in [0.29, 0.717) is 5.92 Å². The second kappa shape index (κ2) is 7.81. The Morgan fingerprint density at radius 1 is 1.25 bits per heavy atom. The molecule has 0 bridgehead atoms. The molecule has 0 atom stereocenters. The van der Waals surface area contributed by atoms with E-state index in [1.54, 1.807) is 7.11 Å². The van der Waals surface area contributed by atoms with Gasteiger partial charge in [-0.3, -0.25) is 0 Å². The molecule has 3 heteroatoms. The van der Waals surface area contributed by atoms with E-state index in [-0.39, 0.29) is 6.61 Å². The standard InChI is InChI=1S/C17H22O3/c1-19-16-9-10-17(15(12-16)8-5-11-18)20-13-14-6-3-2-4-7-14/h9-10,12,14,18H,2-4,6-7,11,13H2,1H3. The zero-order chi connectivity index (χ0) is 14.2. The number of benzene rings is 1. The number of aliphatic hydroxyl groups is 1. The van der Waals surface area contributed by atoms with Crippen molar-refractivity contribution in [3.8, 4) is 23.3 Å². The van der Waals surface area contributed by atoms with Gasteiger partial charge in [-0.1, -0.05) is 31.1 Å². The lowest BCUT2D eigenvalue weighted by atomic mass is 9.90. The highest BCUT2D eigenvalue weighted by Crippen LogP contribution is 2.27. The van der Waals surface area contributed by atoms with E-state index in [0.717, 1.165) is 23.7 Å². The number of hydrogen-bond acceptors (Lipinski definition) is 3. The summed E-state index contributed by atoms with van der Waals surface area (Å²) in [6, 6.07) is 5.61. The highest BCUT2D eigenvalue weighted by Gasteiger charge is 2.14. The fourth-order valence-corrected chi connectivity index (χ4v) is 2.56. The molecular formula is C17H22O3. The normalized spacial score (nSPS) is 15.3. The van der Waals surface area contributed by atoms with Crippen molar-refractivity contribution in [1.82, 2.24) is 0 Å². The van der Waals surface area contributed by atoms with E-state index in [9.17, 15) is 0 Å². The van der Waals surface area contributed by atoms with E-state index in [1.807, 2.05) is 18.2 Å². The van der Waals surface area contributed by atoms with Gasteiger partial charge in [-0.15, -0.1) is 0 Å². The molecule has 1 aromatic rings. The molecule has 0 amide bonds. The van der Waals surface area contributed by atoms with Gasteiger partial charge in [-0.05, 0) is 37.0 Å². The molecule has 0 unspecified atom stereocenters. The molecule has 0 radical (unpaired) electrons. The summed E-state index contributed by atoms with van der Waals surface area (Å²) in [4.78, 5) is 0. The maximum atomic E-state index is 8.83. The fourth-order valence-electron chi connectivity index (χ4n) is 2.56. The number of aliphatic hydroxyl groups excluding tert-OH is 1. The van der Waals surface area contributed by atoms with Crippen molar-refractivity contribution < 1.29 is 14.6 Å². The zero-order valence-electron chi connectivity index (χ0n) is 12.0. The summed E-state index contributed by atoms with van der Waals surface area (Å²) in [5, 5.41) is 8.83. The first-order chi connectivity index (χ1) is 9.83. The first-order valence-corrected chi connectivity index (χ1v) is 7.24. The first kappa shape index (κ1) is 14.7. The molecular weight excluding hydrogens is 252 g/mol. The molecule has 1 N–H and O–H groups in total. The molecule has 1 aliphatic carbocycles. The van der Waals surface area contributed by atoms with Gasteiger partial charge in [0, 0.05) is 0 Å². The van der Waals surface area contributed by atoms with Crippen LogP contribution in [0.1, 0.15) is 37.7 Å². The minimum absolute atomic E-state index is 0.153. The molecule has 20 heavy (non-hydrogen) atoms. The zero-order valence-corrected chi connectivity index (χ0v) is 12.0. The van der Waals surface area contributed by atoms with Gasteiger partial charge < -0.3 is 14.6 Å².